The number of hydrogen-bond acceptors (Lipinski definition) is 3. The molecule has 1 aromatic carbocycles. The van der Waals surface area contributed by atoms with E-state index in [4.69, 9.17) is 9.84 Å². The van der Waals surface area contributed by atoms with Crippen LogP contribution >= 0.6 is 0 Å². The number of likely N-dealkylation sites (tertiary alicyclic amines) is 1. The molecule has 1 N–H and O–H groups in total. The van der Waals surface area contributed by atoms with Crippen LogP contribution in [0.2, 0.25) is 0 Å². The highest BCUT2D eigenvalue weighted by molar-refractivity contribution is 5.67. The lowest BCUT2D eigenvalue weighted by atomic mass is 10.1. The van der Waals surface area contributed by atoms with Crippen molar-refractivity contribution < 1.29 is 14.6 Å². The molecule has 20 heavy (non-hydrogen) atoms. The van der Waals surface area contributed by atoms with Crippen molar-refractivity contribution in [3.63, 3.8) is 0 Å². The predicted octanol–water partition coefficient (Wildman–Crippen LogP) is 2.10. The number of carbonyl (C=O) groups is 1. The summed E-state index contributed by atoms with van der Waals surface area (Å²) < 4.78 is 5.98. The van der Waals surface area contributed by atoms with E-state index < -0.39 is 5.97 Å². The fraction of sp³-hybridized carbons (Fsp3) is 0.562. The van der Waals surface area contributed by atoms with Gasteiger partial charge in [-0.3, -0.25) is 9.69 Å². The van der Waals surface area contributed by atoms with Gasteiger partial charge in [-0.05, 0) is 37.4 Å². The van der Waals surface area contributed by atoms with Gasteiger partial charge < -0.3 is 9.84 Å². The van der Waals surface area contributed by atoms with E-state index >= 15 is 0 Å². The summed E-state index contributed by atoms with van der Waals surface area (Å²) in [5.74, 6) is 0.636. The van der Waals surface area contributed by atoms with Gasteiger partial charge in [0, 0.05) is 25.9 Å². The molecular weight excluding hydrogens is 254 g/mol. The minimum atomic E-state index is -0.683. The number of fused-ring (bicyclic) bond motifs is 1. The Labute approximate surface area is 119 Å². The molecular formula is C16H21NO3. The molecule has 2 unspecified atom stereocenters. The lowest BCUT2D eigenvalue weighted by molar-refractivity contribution is -0.138. The van der Waals surface area contributed by atoms with E-state index in [0.29, 0.717) is 12.3 Å². The molecule has 2 atom stereocenters. The third-order valence-corrected chi connectivity index (χ3v) is 4.25. The van der Waals surface area contributed by atoms with Crippen molar-refractivity contribution in [2.75, 3.05) is 19.6 Å². The molecule has 2 aliphatic heterocycles. The highest BCUT2D eigenvalue weighted by Crippen LogP contribution is 2.30. The zero-order valence-electron chi connectivity index (χ0n) is 11.8. The summed E-state index contributed by atoms with van der Waals surface area (Å²) >= 11 is 0. The molecule has 0 saturated carbocycles. The average Bonchev–Trinajstić information content (AvgIpc) is 2.95. The normalized spacial score (nSPS) is 25.4. The van der Waals surface area contributed by atoms with Crippen molar-refractivity contribution in [2.24, 2.45) is 5.92 Å². The number of aryl methyl sites for hydroxylation is 1. The summed E-state index contributed by atoms with van der Waals surface area (Å²) in [6.45, 7) is 4.89. The Bertz CT molecular complexity index is 514. The number of benzene rings is 1. The van der Waals surface area contributed by atoms with E-state index in [2.05, 4.69) is 30.0 Å². The van der Waals surface area contributed by atoms with E-state index in [1.807, 2.05) is 0 Å². The number of carboxylic acids is 1. The van der Waals surface area contributed by atoms with Crippen molar-refractivity contribution in [2.45, 2.75) is 32.3 Å². The van der Waals surface area contributed by atoms with Crippen LogP contribution in [-0.4, -0.2) is 41.7 Å². The Hall–Kier alpha value is -1.55. The second kappa shape index (κ2) is 5.44. The molecule has 0 spiro atoms. The number of hydrogen-bond donors (Lipinski definition) is 1. The SMILES string of the molecule is Cc1ccc2c(c1)CC(CN1CCC(CC(=O)O)C1)O2. The van der Waals surface area contributed by atoms with Crippen molar-refractivity contribution >= 4 is 5.97 Å². The van der Waals surface area contributed by atoms with Gasteiger partial charge in [0.15, 0.2) is 0 Å². The number of ether oxygens (including phenoxy) is 1. The maximum atomic E-state index is 10.7. The largest absolute Gasteiger partial charge is 0.488 e. The fourth-order valence-electron chi connectivity index (χ4n) is 3.33. The molecule has 1 fully saturated rings. The summed E-state index contributed by atoms with van der Waals surface area (Å²) in [7, 11) is 0. The molecule has 2 heterocycles. The van der Waals surface area contributed by atoms with Crippen LogP contribution in [0.4, 0.5) is 0 Å². The first-order chi connectivity index (χ1) is 9.60. The minimum absolute atomic E-state index is 0.218. The van der Waals surface area contributed by atoms with Gasteiger partial charge in [-0.1, -0.05) is 17.7 Å². The summed E-state index contributed by atoms with van der Waals surface area (Å²) in [5.41, 5.74) is 2.58. The first-order valence-corrected chi connectivity index (χ1v) is 7.30. The lowest BCUT2D eigenvalue weighted by Crippen LogP contribution is -2.33. The van der Waals surface area contributed by atoms with Crippen LogP contribution in [-0.2, 0) is 11.2 Å². The summed E-state index contributed by atoms with van der Waals surface area (Å²) in [4.78, 5) is 13.1. The number of nitrogens with zero attached hydrogens (tertiary/aromatic N) is 1. The van der Waals surface area contributed by atoms with E-state index in [-0.39, 0.29) is 6.10 Å². The van der Waals surface area contributed by atoms with E-state index in [1.54, 1.807) is 0 Å². The van der Waals surface area contributed by atoms with E-state index in [9.17, 15) is 4.79 Å². The van der Waals surface area contributed by atoms with Crippen LogP contribution in [0.1, 0.15) is 24.0 Å². The Morgan fingerprint density at radius 1 is 1.50 bits per heavy atom. The minimum Gasteiger partial charge on any atom is -0.488 e. The standard InChI is InChI=1S/C16H21NO3/c1-11-2-3-15-13(6-11)8-14(20-15)10-17-5-4-12(9-17)7-16(18)19/h2-3,6,12,14H,4-5,7-10H2,1H3,(H,18,19). The molecule has 0 bridgehead atoms. The Morgan fingerprint density at radius 3 is 3.15 bits per heavy atom. The third-order valence-electron chi connectivity index (χ3n) is 4.25. The van der Waals surface area contributed by atoms with E-state index in [1.165, 1.54) is 11.1 Å². The van der Waals surface area contributed by atoms with Gasteiger partial charge in [0.1, 0.15) is 11.9 Å². The molecule has 2 aliphatic rings. The van der Waals surface area contributed by atoms with Crippen LogP contribution in [0, 0.1) is 12.8 Å². The lowest BCUT2D eigenvalue weighted by Gasteiger charge is -2.20. The van der Waals surface area contributed by atoms with Gasteiger partial charge in [-0.15, -0.1) is 0 Å². The van der Waals surface area contributed by atoms with Crippen LogP contribution < -0.4 is 4.74 Å². The van der Waals surface area contributed by atoms with Crippen LogP contribution in [0.25, 0.3) is 0 Å². The molecule has 3 rings (SSSR count). The smallest absolute Gasteiger partial charge is 0.303 e. The summed E-state index contributed by atoms with van der Waals surface area (Å²) in [5, 5.41) is 8.85. The monoisotopic (exact) mass is 275 g/mol. The van der Waals surface area contributed by atoms with Crippen LogP contribution in [0.5, 0.6) is 5.75 Å². The van der Waals surface area contributed by atoms with Gasteiger partial charge in [-0.2, -0.15) is 0 Å². The zero-order valence-corrected chi connectivity index (χ0v) is 11.8. The fourth-order valence-corrected chi connectivity index (χ4v) is 3.33. The number of aliphatic carboxylic acids is 1. The Morgan fingerprint density at radius 2 is 2.35 bits per heavy atom. The van der Waals surface area contributed by atoms with Crippen molar-refractivity contribution in [1.82, 2.24) is 4.90 Å². The number of carboxylic acid groups (broad SMARTS) is 1. The molecule has 1 saturated heterocycles. The Balaban J connectivity index is 1.53. The Kier molecular flexibility index (Phi) is 3.66. The van der Waals surface area contributed by atoms with Gasteiger partial charge in [0.25, 0.3) is 0 Å². The molecule has 4 heteroatoms. The maximum Gasteiger partial charge on any atom is 0.303 e. The molecule has 0 aromatic heterocycles. The highest BCUT2D eigenvalue weighted by atomic mass is 16.5. The molecule has 1 aromatic rings. The second-order valence-corrected chi connectivity index (χ2v) is 6.07. The van der Waals surface area contributed by atoms with Gasteiger partial charge in [-0.25, -0.2) is 0 Å². The zero-order chi connectivity index (χ0) is 14.1. The highest BCUT2D eigenvalue weighted by Gasteiger charge is 2.29. The van der Waals surface area contributed by atoms with Gasteiger partial charge in [0.05, 0.1) is 0 Å². The maximum absolute atomic E-state index is 10.7. The predicted molar refractivity (Wildman–Crippen MR) is 76.1 cm³/mol. The van der Waals surface area contributed by atoms with Crippen molar-refractivity contribution in [1.29, 1.82) is 0 Å². The average molecular weight is 275 g/mol. The molecule has 0 aliphatic carbocycles. The molecule has 0 amide bonds. The van der Waals surface area contributed by atoms with Crippen LogP contribution in [0.3, 0.4) is 0 Å². The second-order valence-electron chi connectivity index (χ2n) is 6.07. The van der Waals surface area contributed by atoms with Gasteiger partial charge >= 0.3 is 5.97 Å². The van der Waals surface area contributed by atoms with E-state index in [0.717, 1.165) is 38.2 Å². The molecule has 108 valence electrons. The van der Waals surface area contributed by atoms with Gasteiger partial charge in [0.2, 0.25) is 0 Å². The van der Waals surface area contributed by atoms with Crippen molar-refractivity contribution in [3.8, 4) is 5.75 Å². The molecule has 4 nitrogen and oxygen atoms in total. The quantitative estimate of drug-likeness (QED) is 0.914. The van der Waals surface area contributed by atoms with Crippen molar-refractivity contribution in [3.05, 3.63) is 29.3 Å². The first kappa shape index (κ1) is 13.4. The summed E-state index contributed by atoms with van der Waals surface area (Å²) in [6, 6.07) is 6.34. The molecule has 0 radical (unpaired) electrons. The van der Waals surface area contributed by atoms with Crippen LogP contribution in [0.15, 0.2) is 18.2 Å². The number of rotatable bonds is 4. The summed E-state index contributed by atoms with van der Waals surface area (Å²) in [6.07, 6.45) is 2.47. The topological polar surface area (TPSA) is 49.8 Å². The third kappa shape index (κ3) is 2.96. The first-order valence-electron chi connectivity index (χ1n) is 7.30.